The molecule has 2 saturated carbocycles. The Morgan fingerprint density at radius 2 is 1.21 bits per heavy atom. The van der Waals surface area contributed by atoms with E-state index in [-0.39, 0.29) is 0 Å². The Labute approximate surface area is 321 Å². The van der Waals surface area contributed by atoms with Gasteiger partial charge in [-0.1, -0.05) is 48.0 Å². The maximum absolute atomic E-state index is 5.67. The van der Waals surface area contributed by atoms with Crippen molar-refractivity contribution >= 4 is 55.9 Å². The average molecular weight is 912 g/mol. The van der Waals surface area contributed by atoms with Crippen LogP contribution in [0.15, 0.2) is 88.3 Å². The standard InChI is InChI=1S/C22H41N2.C7H6.2C5H4BrN.2ClH.Ru/c1-7-20-13-16(3)12-19(6)22(20)24-9-8-23(14-24)21-17(4)10-15(2)11-18(21)5;1-7-5-3-2-4-6-7;2*6-5-2-1-3-7-4-5;;;/h14-22H,7-13H2,1-6H3;1-6H;2*1-4H;2*1H;/q-1;;;;;;+2/p-2. The molecule has 3 fully saturated rings. The predicted molar refractivity (Wildman–Crippen MR) is 211 cm³/mol. The van der Waals surface area contributed by atoms with Crippen LogP contribution < -0.4 is 0 Å². The van der Waals surface area contributed by atoms with E-state index in [9.17, 15) is 0 Å². The molecule has 6 rings (SSSR count). The van der Waals surface area contributed by atoms with Crippen LogP contribution >= 0.6 is 51.2 Å². The number of nitrogens with zero attached hydrogens (tertiary/aromatic N) is 4. The van der Waals surface area contributed by atoms with Gasteiger partial charge in [0, 0.05) is 33.7 Å². The van der Waals surface area contributed by atoms with E-state index in [1.54, 1.807) is 24.8 Å². The van der Waals surface area contributed by atoms with Crippen molar-refractivity contribution in [2.24, 2.45) is 35.5 Å². The van der Waals surface area contributed by atoms with E-state index in [1.807, 2.05) is 59.2 Å². The van der Waals surface area contributed by atoms with Crippen LogP contribution in [0.3, 0.4) is 0 Å². The van der Waals surface area contributed by atoms with Crippen LogP contribution in [0.4, 0.5) is 0 Å². The molecule has 0 amide bonds. The van der Waals surface area contributed by atoms with Crippen LogP contribution in [-0.2, 0) is 13.5 Å². The van der Waals surface area contributed by atoms with Crippen LogP contribution in [0.1, 0.15) is 79.2 Å². The summed E-state index contributed by atoms with van der Waals surface area (Å²) in [7, 11) is 11.3. The fourth-order valence-electron chi connectivity index (χ4n) is 8.14. The van der Waals surface area contributed by atoms with Gasteiger partial charge in [-0.2, -0.15) is 0 Å². The summed E-state index contributed by atoms with van der Waals surface area (Å²) in [5, 5.41) is 0. The van der Waals surface area contributed by atoms with Gasteiger partial charge < -0.3 is 9.80 Å². The van der Waals surface area contributed by atoms with Crippen LogP contribution in [0, 0.1) is 42.2 Å². The molecule has 2 aliphatic carbocycles. The van der Waals surface area contributed by atoms with Crippen LogP contribution in [0.5, 0.6) is 0 Å². The summed E-state index contributed by atoms with van der Waals surface area (Å²) in [6.45, 7) is 19.9. The second-order valence-electron chi connectivity index (χ2n) is 13.9. The summed E-state index contributed by atoms with van der Waals surface area (Å²) in [5.41, 5.74) is 1.12. The molecule has 3 aliphatic rings. The molecule has 268 valence electrons. The Kier molecular flexibility index (Phi) is 19.6. The summed E-state index contributed by atoms with van der Waals surface area (Å²) in [5.74, 6) is 5.24. The van der Waals surface area contributed by atoms with Crippen LogP contribution in [0.25, 0.3) is 0 Å². The van der Waals surface area contributed by atoms with E-state index in [4.69, 9.17) is 19.4 Å². The average Bonchev–Trinajstić information content (AvgIpc) is 3.51. The molecule has 1 aromatic carbocycles. The van der Waals surface area contributed by atoms with Crippen molar-refractivity contribution < 1.29 is 13.5 Å². The van der Waals surface area contributed by atoms with Gasteiger partial charge in [-0.3, -0.25) is 9.97 Å². The van der Waals surface area contributed by atoms with Gasteiger partial charge in [0.2, 0.25) is 0 Å². The van der Waals surface area contributed by atoms with Crippen LogP contribution in [0.2, 0.25) is 0 Å². The van der Waals surface area contributed by atoms with Crippen LogP contribution in [-0.4, -0.2) is 49.6 Å². The third-order valence-corrected chi connectivity index (χ3v) is 12.5. The predicted octanol–water partition coefficient (Wildman–Crippen LogP) is 11.7. The minimum absolute atomic E-state index is 0.768. The number of pyridine rings is 2. The first kappa shape index (κ1) is 41.9. The van der Waals surface area contributed by atoms with Gasteiger partial charge in [0.25, 0.3) is 0 Å². The second-order valence-corrected chi connectivity index (χ2v) is 21.4. The molecule has 4 nitrogen and oxygen atoms in total. The summed E-state index contributed by atoms with van der Waals surface area (Å²) < 4.78 is 3.97. The zero-order chi connectivity index (χ0) is 35.1. The topological polar surface area (TPSA) is 32.3 Å². The fraction of sp³-hybridized carbons (Fsp3) is 0.538. The number of rotatable bonds is 4. The third kappa shape index (κ3) is 14.6. The first-order valence-electron chi connectivity index (χ1n) is 17.3. The second kappa shape index (κ2) is 22.4. The molecule has 9 heteroatoms. The zero-order valence-electron chi connectivity index (χ0n) is 29.4. The molecular weight excluding hydrogens is 856 g/mol. The molecular formula is C39H55Br2Cl2N4Ru-. The molecule has 1 aliphatic heterocycles. The number of hydrogen-bond acceptors (Lipinski definition) is 4. The van der Waals surface area contributed by atoms with Crippen molar-refractivity contribution in [1.82, 2.24) is 19.8 Å². The Hall–Kier alpha value is -0.527. The number of benzene rings is 1. The monoisotopic (exact) mass is 909 g/mol. The molecule has 0 radical (unpaired) electrons. The van der Waals surface area contributed by atoms with Crippen molar-refractivity contribution in [2.75, 3.05) is 13.1 Å². The Morgan fingerprint density at radius 3 is 1.62 bits per heavy atom. The van der Waals surface area contributed by atoms with Gasteiger partial charge in [-0.25, -0.2) is 6.67 Å². The van der Waals surface area contributed by atoms with Crippen molar-refractivity contribution in [3.8, 4) is 0 Å². The van der Waals surface area contributed by atoms with Crippen molar-refractivity contribution in [2.45, 2.75) is 85.7 Å². The summed E-state index contributed by atoms with van der Waals surface area (Å²) >= 11 is 4.88. The summed E-state index contributed by atoms with van der Waals surface area (Å²) in [6, 6.07) is 19.1. The Balaban J connectivity index is 0.000000211. The Bertz CT molecular complexity index is 1270. The zero-order valence-corrected chi connectivity index (χ0v) is 35.8. The maximum atomic E-state index is 5.67. The summed E-state index contributed by atoms with van der Waals surface area (Å²) in [4.78, 5) is 13.2. The first-order valence-corrected chi connectivity index (χ1v) is 24.4. The molecule has 6 atom stereocenters. The Morgan fingerprint density at radius 1 is 0.729 bits per heavy atom. The van der Waals surface area contributed by atoms with E-state index in [1.165, 1.54) is 45.2 Å². The SMILES string of the molecule is Brc1cccnc1.Brc1cccnc1.CCC1CC(C)CC(C)C1N1[CH-]N(C2C(C)CC(C)CC2C)CC1.[Cl][Ru]([Cl])=[CH]c1ccccc1. The molecule has 48 heavy (non-hydrogen) atoms. The number of halogens is 4. The van der Waals surface area contributed by atoms with Crippen molar-refractivity contribution in [3.05, 3.63) is 101 Å². The van der Waals surface area contributed by atoms with Gasteiger partial charge >= 0.3 is 73.4 Å². The molecule has 1 saturated heterocycles. The molecule has 0 N–H and O–H groups in total. The van der Waals surface area contributed by atoms with Gasteiger partial charge in [-0.15, -0.1) is 0 Å². The fourth-order valence-corrected chi connectivity index (χ4v) is 10.5. The first-order chi connectivity index (χ1) is 23.0. The van der Waals surface area contributed by atoms with E-state index >= 15 is 0 Å². The van der Waals surface area contributed by atoms with E-state index in [2.05, 4.69) is 99.8 Å². The van der Waals surface area contributed by atoms with Crippen molar-refractivity contribution in [3.63, 3.8) is 0 Å². The van der Waals surface area contributed by atoms with E-state index in [0.717, 1.165) is 62.1 Å². The van der Waals surface area contributed by atoms with Gasteiger partial charge in [0.1, 0.15) is 0 Å². The molecule has 6 unspecified atom stereocenters. The molecule has 2 aromatic heterocycles. The quantitative estimate of drug-likeness (QED) is 0.193. The molecule has 3 heterocycles. The normalized spacial score (nSPS) is 29.2. The minimum atomic E-state index is -1.61. The molecule has 0 spiro atoms. The van der Waals surface area contributed by atoms with E-state index in [0.29, 0.717) is 0 Å². The summed E-state index contributed by atoms with van der Waals surface area (Å²) in [6.07, 6.45) is 14.0. The van der Waals surface area contributed by atoms with Gasteiger partial charge in [0.15, 0.2) is 0 Å². The number of hydrogen-bond donors (Lipinski definition) is 0. The molecule has 3 aromatic rings. The molecule has 0 bridgehead atoms. The third-order valence-electron chi connectivity index (χ3n) is 9.71. The number of aromatic nitrogens is 2. The van der Waals surface area contributed by atoms with Gasteiger partial charge in [0.05, 0.1) is 0 Å². The van der Waals surface area contributed by atoms with Gasteiger partial charge in [-0.05, 0) is 142 Å². The van der Waals surface area contributed by atoms with Crippen molar-refractivity contribution in [1.29, 1.82) is 0 Å². The van der Waals surface area contributed by atoms with E-state index < -0.39 is 13.5 Å².